The van der Waals surface area contributed by atoms with Gasteiger partial charge in [0.15, 0.2) is 0 Å². The summed E-state index contributed by atoms with van der Waals surface area (Å²) in [6, 6.07) is 9.43. The summed E-state index contributed by atoms with van der Waals surface area (Å²) in [4.78, 5) is 8.29. The van der Waals surface area contributed by atoms with Gasteiger partial charge in [0.2, 0.25) is 0 Å². The van der Waals surface area contributed by atoms with Gasteiger partial charge in [-0.05, 0) is 24.3 Å². The second-order valence-corrected chi connectivity index (χ2v) is 3.50. The Bertz CT molecular complexity index is 431. The molecule has 2 heterocycles. The van der Waals surface area contributed by atoms with Crippen LogP contribution >= 0.6 is 11.6 Å². The van der Waals surface area contributed by atoms with Crippen LogP contribution in [0.2, 0.25) is 0 Å². The normalized spacial score (nSPS) is 10.1. The lowest BCUT2D eigenvalue weighted by Crippen LogP contribution is -1.98. The highest BCUT2D eigenvalue weighted by Crippen LogP contribution is 2.11. The van der Waals surface area contributed by atoms with Gasteiger partial charge in [-0.25, -0.2) is 0 Å². The Morgan fingerprint density at radius 2 is 2.00 bits per heavy atom. The molecule has 0 atom stereocenters. The summed E-state index contributed by atoms with van der Waals surface area (Å²) < 4.78 is 5.52. The van der Waals surface area contributed by atoms with Gasteiger partial charge < -0.3 is 4.74 Å². The number of aromatic nitrogens is 2. The molecule has 0 fully saturated rings. The van der Waals surface area contributed by atoms with E-state index in [2.05, 4.69) is 9.97 Å². The Morgan fingerprint density at radius 3 is 2.62 bits per heavy atom. The van der Waals surface area contributed by atoms with E-state index in [-0.39, 0.29) is 0 Å². The zero-order valence-corrected chi connectivity index (χ0v) is 9.39. The molecule has 0 aliphatic heterocycles. The third-order valence-corrected chi connectivity index (χ3v) is 2.32. The molecular weight excluding hydrogens is 224 g/mol. The fourth-order valence-electron chi connectivity index (χ4n) is 1.22. The minimum atomic E-state index is 0.417. The Balaban J connectivity index is 1.94. The Labute approximate surface area is 99.1 Å². The monoisotopic (exact) mass is 234 g/mol. The smallest absolute Gasteiger partial charge is 0.138 e. The first-order chi connectivity index (χ1) is 7.88. The second kappa shape index (κ2) is 5.47. The summed E-state index contributed by atoms with van der Waals surface area (Å²) in [6.07, 6.45) is 3.41. The maximum Gasteiger partial charge on any atom is 0.138 e. The van der Waals surface area contributed by atoms with Crippen molar-refractivity contribution in [2.45, 2.75) is 12.5 Å². The van der Waals surface area contributed by atoms with Crippen molar-refractivity contribution in [3.05, 3.63) is 54.1 Å². The molecule has 0 aromatic carbocycles. The van der Waals surface area contributed by atoms with Crippen LogP contribution in [0.25, 0.3) is 0 Å². The molecule has 2 aromatic rings. The van der Waals surface area contributed by atoms with Crippen molar-refractivity contribution in [3.8, 4) is 5.75 Å². The Kier molecular flexibility index (Phi) is 3.72. The average Bonchev–Trinajstić information content (AvgIpc) is 2.38. The maximum atomic E-state index is 5.64. The summed E-state index contributed by atoms with van der Waals surface area (Å²) in [5.74, 6) is 1.14. The van der Waals surface area contributed by atoms with E-state index in [0.717, 1.165) is 17.1 Å². The molecule has 0 aliphatic carbocycles. The van der Waals surface area contributed by atoms with Crippen LogP contribution in [0.1, 0.15) is 11.4 Å². The van der Waals surface area contributed by atoms with Crippen molar-refractivity contribution in [2.75, 3.05) is 0 Å². The van der Waals surface area contributed by atoms with Gasteiger partial charge in [-0.1, -0.05) is 6.07 Å². The molecule has 0 radical (unpaired) electrons. The summed E-state index contributed by atoms with van der Waals surface area (Å²) in [5.41, 5.74) is 1.73. The molecule has 0 bridgehead atoms. The quantitative estimate of drug-likeness (QED) is 0.763. The van der Waals surface area contributed by atoms with Gasteiger partial charge in [0.05, 0.1) is 23.5 Å². The molecule has 0 unspecified atom stereocenters. The van der Waals surface area contributed by atoms with E-state index in [1.54, 1.807) is 12.4 Å². The molecular formula is C12H11ClN2O. The molecule has 0 spiro atoms. The predicted octanol–water partition coefficient (Wildman–Crippen LogP) is 2.79. The van der Waals surface area contributed by atoms with Crippen LogP contribution in [0, 0.1) is 0 Å². The molecule has 4 heteroatoms. The lowest BCUT2D eigenvalue weighted by atomic mass is 10.3. The molecule has 16 heavy (non-hydrogen) atoms. The number of hydrogen-bond acceptors (Lipinski definition) is 3. The van der Waals surface area contributed by atoms with Crippen LogP contribution in [0.5, 0.6) is 5.75 Å². The molecule has 0 aliphatic rings. The number of alkyl halides is 1. The number of hydrogen-bond donors (Lipinski definition) is 0. The van der Waals surface area contributed by atoms with Crippen LogP contribution in [-0.4, -0.2) is 9.97 Å². The van der Waals surface area contributed by atoms with Crippen molar-refractivity contribution in [1.29, 1.82) is 0 Å². The second-order valence-electron chi connectivity index (χ2n) is 3.23. The van der Waals surface area contributed by atoms with E-state index in [1.165, 1.54) is 0 Å². The van der Waals surface area contributed by atoms with Crippen molar-refractivity contribution in [2.24, 2.45) is 0 Å². The van der Waals surface area contributed by atoms with E-state index in [4.69, 9.17) is 16.3 Å². The van der Waals surface area contributed by atoms with Gasteiger partial charge in [-0.3, -0.25) is 9.97 Å². The molecule has 3 nitrogen and oxygen atoms in total. The highest BCUT2D eigenvalue weighted by Gasteiger charge is 1.97. The zero-order chi connectivity index (χ0) is 11.2. The molecule has 82 valence electrons. The van der Waals surface area contributed by atoms with Gasteiger partial charge >= 0.3 is 0 Å². The van der Waals surface area contributed by atoms with Gasteiger partial charge in [-0.15, -0.1) is 11.6 Å². The Morgan fingerprint density at radius 1 is 1.06 bits per heavy atom. The SMILES string of the molecule is ClCc1ccc(OCc2ccccn2)cn1. The van der Waals surface area contributed by atoms with Crippen LogP contribution in [0.4, 0.5) is 0 Å². The predicted molar refractivity (Wildman–Crippen MR) is 62.4 cm³/mol. The molecule has 0 saturated heterocycles. The molecule has 0 saturated carbocycles. The first-order valence-electron chi connectivity index (χ1n) is 4.92. The highest BCUT2D eigenvalue weighted by atomic mass is 35.5. The first-order valence-corrected chi connectivity index (χ1v) is 5.45. The van der Waals surface area contributed by atoms with Gasteiger partial charge in [0.25, 0.3) is 0 Å². The fourth-order valence-corrected chi connectivity index (χ4v) is 1.37. The summed E-state index contributed by atoms with van der Waals surface area (Å²) in [5, 5.41) is 0. The summed E-state index contributed by atoms with van der Waals surface area (Å²) >= 11 is 5.64. The number of nitrogens with zero attached hydrogens (tertiary/aromatic N) is 2. The fraction of sp³-hybridized carbons (Fsp3) is 0.167. The van der Waals surface area contributed by atoms with Gasteiger partial charge in [0.1, 0.15) is 12.4 Å². The van der Waals surface area contributed by atoms with Crippen LogP contribution in [0.15, 0.2) is 42.7 Å². The third kappa shape index (κ3) is 2.94. The van der Waals surface area contributed by atoms with Crippen molar-refractivity contribution in [1.82, 2.24) is 9.97 Å². The lowest BCUT2D eigenvalue weighted by Gasteiger charge is -2.05. The van der Waals surface area contributed by atoms with Crippen molar-refractivity contribution < 1.29 is 4.74 Å². The number of ether oxygens (including phenoxy) is 1. The topological polar surface area (TPSA) is 35.0 Å². The minimum absolute atomic E-state index is 0.417. The van der Waals surface area contributed by atoms with E-state index in [1.807, 2.05) is 30.3 Å². The van der Waals surface area contributed by atoms with Gasteiger partial charge in [-0.2, -0.15) is 0 Å². The van der Waals surface area contributed by atoms with Crippen molar-refractivity contribution in [3.63, 3.8) is 0 Å². The standard InChI is InChI=1S/C12H11ClN2O/c13-7-10-4-5-12(8-15-10)16-9-11-3-1-2-6-14-11/h1-6,8H,7,9H2. The lowest BCUT2D eigenvalue weighted by molar-refractivity contribution is 0.300. The van der Waals surface area contributed by atoms with Gasteiger partial charge in [0, 0.05) is 6.20 Å². The van der Waals surface area contributed by atoms with Crippen LogP contribution in [0.3, 0.4) is 0 Å². The van der Waals surface area contributed by atoms with Crippen LogP contribution < -0.4 is 4.74 Å². The highest BCUT2D eigenvalue weighted by molar-refractivity contribution is 6.16. The molecule has 0 amide bonds. The van der Waals surface area contributed by atoms with E-state index in [9.17, 15) is 0 Å². The number of pyridine rings is 2. The molecule has 0 N–H and O–H groups in total. The minimum Gasteiger partial charge on any atom is -0.486 e. The molecule has 2 aromatic heterocycles. The van der Waals surface area contributed by atoms with Crippen molar-refractivity contribution >= 4 is 11.6 Å². The number of halogens is 1. The van der Waals surface area contributed by atoms with Crippen LogP contribution in [-0.2, 0) is 12.5 Å². The largest absolute Gasteiger partial charge is 0.486 e. The Hall–Kier alpha value is -1.61. The van der Waals surface area contributed by atoms with E-state index in [0.29, 0.717) is 12.5 Å². The third-order valence-electron chi connectivity index (χ3n) is 2.05. The molecule has 2 rings (SSSR count). The average molecular weight is 235 g/mol. The van der Waals surface area contributed by atoms with E-state index < -0.39 is 0 Å². The number of rotatable bonds is 4. The van der Waals surface area contributed by atoms with E-state index >= 15 is 0 Å². The summed E-state index contributed by atoms with van der Waals surface area (Å²) in [7, 11) is 0. The summed E-state index contributed by atoms with van der Waals surface area (Å²) in [6.45, 7) is 0.447. The zero-order valence-electron chi connectivity index (χ0n) is 8.64. The maximum absolute atomic E-state index is 5.64. The first kappa shape index (κ1) is 10.9.